The molecule has 2 saturated heterocycles. The van der Waals surface area contributed by atoms with Crippen LogP contribution in [-0.4, -0.2) is 29.4 Å². The summed E-state index contributed by atoms with van der Waals surface area (Å²) in [5.41, 5.74) is 6.03. The largest absolute Gasteiger partial charge is 0.338 e. The number of fused-ring (bicyclic) bond motifs is 1. The summed E-state index contributed by atoms with van der Waals surface area (Å²) in [5, 5.41) is 0. The minimum atomic E-state index is 0.232. The van der Waals surface area contributed by atoms with Gasteiger partial charge in [0.15, 0.2) is 0 Å². The van der Waals surface area contributed by atoms with E-state index >= 15 is 0 Å². The molecule has 0 radical (unpaired) electrons. The van der Waals surface area contributed by atoms with Crippen LogP contribution in [0.2, 0.25) is 0 Å². The Hall–Kier alpha value is -0.570. The Labute approximate surface area is 79.3 Å². The number of hydrogen-bond donors (Lipinski definition) is 1. The van der Waals surface area contributed by atoms with Crippen molar-refractivity contribution in [2.45, 2.75) is 50.6 Å². The van der Waals surface area contributed by atoms with Crippen molar-refractivity contribution >= 4 is 5.91 Å². The van der Waals surface area contributed by atoms with Gasteiger partial charge in [-0.25, -0.2) is 0 Å². The van der Waals surface area contributed by atoms with Crippen molar-refractivity contribution in [1.29, 1.82) is 0 Å². The molecule has 0 aliphatic carbocycles. The van der Waals surface area contributed by atoms with Gasteiger partial charge in [0.25, 0.3) is 0 Å². The van der Waals surface area contributed by atoms with Crippen molar-refractivity contribution in [1.82, 2.24) is 4.90 Å². The number of amides is 1. The second-order valence-corrected chi connectivity index (χ2v) is 4.21. The van der Waals surface area contributed by atoms with Gasteiger partial charge in [-0.3, -0.25) is 4.79 Å². The maximum atomic E-state index is 11.6. The molecule has 1 amide bonds. The molecule has 0 saturated carbocycles. The van der Waals surface area contributed by atoms with Crippen molar-refractivity contribution in [2.24, 2.45) is 5.73 Å². The molecule has 2 aliphatic rings. The van der Waals surface area contributed by atoms with Gasteiger partial charge in [-0.15, -0.1) is 0 Å². The van der Waals surface area contributed by atoms with E-state index in [-0.39, 0.29) is 6.04 Å². The van der Waals surface area contributed by atoms with Crippen LogP contribution < -0.4 is 5.73 Å². The Kier molecular flexibility index (Phi) is 2.54. The van der Waals surface area contributed by atoms with Gasteiger partial charge in [-0.05, 0) is 19.3 Å². The lowest BCUT2D eigenvalue weighted by Gasteiger charge is -2.38. The number of nitrogens with zero attached hydrogens (tertiary/aromatic N) is 1. The van der Waals surface area contributed by atoms with E-state index in [2.05, 4.69) is 0 Å². The van der Waals surface area contributed by atoms with Crippen LogP contribution in [0.4, 0.5) is 0 Å². The number of rotatable bonds is 0. The van der Waals surface area contributed by atoms with E-state index in [9.17, 15) is 4.79 Å². The quantitative estimate of drug-likeness (QED) is 0.604. The topological polar surface area (TPSA) is 46.3 Å². The number of nitrogens with two attached hydrogens (primary N) is 1. The molecule has 0 unspecified atom stereocenters. The van der Waals surface area contributed by atoms with Crippen LogP contribution in [0.1, 0.15) is 38.5 Å². The van der Waals surface area contributed by atoms with Gasteiger partial charge in [0.1, 0.15) is 0 Å². The van der Waals surface area contributed by atoms with Crippen LogP contribution in [-0.2, 0) is 4.79 Å². The summed E-state index contributed by atoms with van der Waals surface area (Å²) >= 11 is 0. The van der Waals surface area contributed by atoms with Crippen LogP contribution in [0.15, 0.2) is 0 Å². The molecule has 2 aliphatic heterocycles. The molecule has 74 valence electrons. The standard InChI is InChI=1S/C10H18N2O/c11-8-5-6-10(13)12-7-3-1-2-4-9(8)12/h8-9H,1-7,11H2/t8-,9-/m1/s1. The van der Waals surface area contributed by atoms with E-state index in [1.165, 1.54) is 12.8 Å². The molecular formula is C10H18N2O. The number of carbonyl (C=O) groups excluding carboxylic acids is 1. The molecule has 3 nitrogen and oxygen atoms in total. The Morgan fingerprint density at radius 2 is 2.08 bits per heavy atom. The second kappa shape index (κ2) is 3.66. The van der Waals surface area contributed by atoms with Gasteiger partial charge in [0.2, 0.25) is 5.91 Å². The predicted octanol–water partition coefficient (Wildman–Crippen LogP) is 0.879. The number of hydrogen-bond acceptors (Lipinski definition) is 2. The minimum Gasteiger partial charge on any atom is -0.338 e. The van der Waals surface area contributed by atoms with E-state index in [0.29, 0.717) is 18.4 Å². The maximum Gasteiger partial charge on any atom is 0.222 e. The Morgan fingerprint density at radius 1 is 1.23 bits per heavy atom. The molecular weight excluding hydrogens is 164 g/mol. The van der Waals surface area contributed by atoms with E-state index in [1.54, 1.807) is 0 Å². The summed E-state index contributed by atoms with van der Waals surface area (Å²) in [7, 11) is 0. The summed E-state index contributed by atoms with van der Waals surface area (Å²) in [5.74, 6) is 0.327. The highest BCUT2D eigenvalue weighted by Crippen LogP contribution is 2.25. The van der Waals surface area contributed by atoms with E-state index in [4.69, 9.17) is 5.73 Å². The zero-order valence-electron chi connectivity index (χ0n) is 8.04. The van der Waals surface area contributed by atoms with Gasteiger partial charge < -0.3 is 10.6 Å². The average Bonchev–Trinajstić information content (AvgIpc) is 2.37. The van der Waals surface area contributed by atoms with Crippen molar-refractivity contribution in [2.75, 3.05) is 6.54 Å². The summed E-state index contributed by atoms with van der Waals surface area (Å²) in [6, 6.07) is 0.583. The lowest BCUT2D eigenvalue weighted by Crippen LogP contribution is -2.54. The third-order valence-electron chi connectivity index (χ3n) is 3.31. The molecule has 0 aromatic carbocycles. The predicted molar refractivity (Wildman–Crippen MR) is 51.2 cm³/mol. The van der Waals surface area contributed by atoms with E-state index in [1.807, 2.05) is 4.90 Å². The third kappa shape index (κ3) is 1.70. The Balaban J connectivity index is 2.11. The molecule has 2 rings (SSSR count). The molecule has 3 heteroatoms. The zero-order valence-corrected chi connectivity index (χ0v) is 8.04. The number of carbonyl (C=O) groups is 1. The molecule has 2 N–H and O–H groups in total. The van der Waals surface area contributed by atoms with Gasteiger partial charge in [0, 0.05) is 25.0 Å². The molecule has 0 bridgehead atoms. The fraction of sp³-hybridized carbons (Fsp3) is 0.900. The van der Waals surface area contributed by atoms with Crippen LogP contribution in [0.5, 0.6) is 0 Å². The summed E-state index contributed by atoms with van der Waals surface area (Å²) in [6.45, 7) is 0.942. The first-order chi connectivity index (χ1) is 6.29. The van der Waals surface area contributed by atoms with Crippen molar-refractivity contribution in [3.8, 4) is 0 Å². The average molecular weight is 182 g/mol. The van der Waals surface area contributed by atoms with E-state index in [0.717, 1.165) is 25.8 Å². The normalized spacial score (nSPS) is 35.5. The van der Waals surface area contributed by atoms with Crippen molar-refractivity contribution in [3.63, 3.8) is 0 Å². The van der Waals surface area contributed by atoms with Crippen LogP contribution in [0, 0.1) is 0 Å². The molecule has 0 aromatic rings. The van der Waals surface area contributed by atoms with Gasteiger partial charge >= 0.3 is 0 Å². The van der Waals surface area contributed by atoms with Crippen LogP contribution >= 0.6 is 0 Å². The first-order valence-electron chi connectivity index (χ1n) is 5.34. The van der Waals surface area contributed by atoms with Gasteiger partial charge in [-0.1, -0.05) is 12.8 Å². The maximum absolute atomic E-state index is 11.6. The fourth-order valence-electron chi connectivity index (χ4n) is 2.52. The van der Waals surface area contributed by atoms with Gasteiger partial charge in [0.05, 0.1) is 0 Å². The molecule has 13 heavy (non-hydrogen) atoms. The number of piperidine rings is 1. The second-order valence-electron chi connectivity index (χ2n) is 4.21. The van der Waals surface area contributed by atoms with Crippen molar-refractivity contribution in [3.05, 3.63) is 0 Å². The Bertz CT molecular complexity index is 205. The Morgan fingerprint density at radius 3 is 2.92 bits per heavy atom. The van der Waals surface area contributed by atoms with E-state index < -0.39 is 0 Å². The fourth-order valence-corrected chi connectivity index (χ4v) is 2.52. The molecule has 2 fully saturated rings. The van der Waals surface area contributed by atoms with Crippen LogP contribution in [0.25, 0.3) is 0 Å². The van der Waals surface area contributed by atoms with Crippen molar-refractivity contribution < 1.29 is 4.79 Å². The first kappa shape index (κ1) is 9.00. The summed E-state index contributed by atoms with van der Waals surface area (Å²) in [4.78, 5) is 13.6. The highest BCUT2D eigenvalue weighted by atomic mass is 16.2. The highest BCUT2D eigenvalue weighted by Gasteiger charge is 2.33. The molecule has 2 heterocycles. The lowest BCUT2D eigenvalue weighted by atomic mass is 9.94. The zero-order chi connectivity index (χ0) is 9.26. The lowest BCUT2D eigenvalue weighted by molar-refractivity contribution is -0.136. The first-order valence-corrected chi connectivity index (χ1v) is 5.34. The minimum absolute atomic E-state index is 0.232. The van der Waals surface area contributed by atoms with Gasteiger partial charge in [-0.2, -0.15) is 0 Å². The highest BCUT2D eigenvalue weighted by molar-refractivity contribution is 5.77. The smallest absolute Gasteiger partial charge is 0.222 e. The molecule has 2 atom stereocenters. The summed E-state index contributed by atoms with van der Waals surface area (Å²) < 4.78 is 0. The molecule has 0 aromatic heterocycles. The summed E-state index contributed by atoms with van der Waals surface area (Å²) in [6.07, 6.45) is 6.33. The van der Waals surface area contributed by atoms with Crippen LogP contribution in [0.3, 0.4) is 0 Å². The molecule has 0 spiro atoms. The third-order valence-corrected chi connectivity index (χ3v) is 3.31. The SMILES string of the molecule is N[C@@H]1CCC(=O)N2CCCCC[C@H]12. The monoisotopic (exact) mass is 182 g/mol.